The van der Waals surface area contributed by atoms with Gasteiger partial charge in [-0.2, -0.15) is 0 Å². The van der Waals surface area contributed by atoms with Gasteiger partial charge in [0.1, 0.15) is 6.61 Å². The van der Waals surface area contributed by atoms with Crippen LogP contribution in [0.4, 0.5) is 0 Å². The molecule has 1 heterocycles. The maximum Gasteiger partial charge on any atom is 0.217 e. The van der Waals surface area contributed by atoms with E-state index < -0.39 is 12.1 Å². The van der Waals surface area contributed by atoms with Crippen LogP contribution in [0.25, 0.3) is 0 Å². The molecule has 0 aromatic carbocycles. The Morgan fingerprint density at radius 2 is 2.31 bits per heavy atom. The third-order valence-corrected chi connectivity index (χ3v) is 2.28. The summed E-state index contributed by atoms with van der Waals surface area (Å²) in [5.41, 5.74) is 0.921. The second-order valence-electron chi connectivity index (χ2n) is 2.88. The molecule has 0 aromatic rings. The zero-order valence-electron chi connectivity index (χ0n) is 8.24. The molecule has 0 saturated heterocycles. The van der Waals surface area contributed by atoms with Crippen molar-refractivity contribution in [1.29, 1.82) is 0 Å². The molecule has 0 spiro atoms. The molecule has 1 rings (SSSR count). The number of rotatable bonds is 4. The zero-order chi connectivity index (χ0) is 9.90. The van der Waals surface area contributed by atoms with Gasteiger partial charge in [-0.15, -0.1) is 0 Å². The van der Waals surface area contributed by atoms with Crippen LogP contribution in [0.1, 0.15) is 13.3 Å². The Hall–Kier alpha value is -0.420. The molecule has 1 N–H and O–H groups in total. The number of methoxy groups -OCH3 is 2. The average Bonchev–Trinajstić information content (AvgIpc) is 2.56. The highest BCUT2D eigenvalue weighted by Gasteiger charge is 2.41. The summed E-state index contributed by atoms with van der Waals surface area (Å²) >= 11 is 0. The summed E-state index contributed by atoms with van der Waals surface area (Å²) in [7, 11) is 3.06. The van der Waals surface area contributed by atoms with Crippen molar-refractivity contribution in [2.45, 2.75) is 25.4 Å². The fraction of sp³-hybridized carbons (Fsp3) is 0.778. The highest BCUT2D eigenvalue weighted by atomic mass is 16.8. The van der Waals surface area contributed by atoms with Gasteiger partial charge in [0, 0.05) is 14.2 Å². The van der Waals surface area contributed by atoms with Gasteiger partial charge in [0.25, 0.3) is 0 Å². The first kappa shape index (κ1) is 10.7. The third-order valence-electron chi connectivity index (χ3n) is 2.28. The van der Waals surface area contributed by atoms with E-state index in [9.17, 15) is 5.11 Å². The van der Waals surface area contributed by atoms with E-state index in [1.54, 1.807) is 7.11 Å². The first-order valence-electron chi connectivity index (χ1n) is 4.30. The summed E-state index contributed by atoms with van der Waals surface area (Å²) in [6.07, 6.45) is 2.19. The topological polar surface area (TPSA) is 47.9 Å². The van der Waals surface area contributed by atoms with Crippen molar-refractivity contribution in [3.05, 3.63) is 11.6 Å². The van der Waals surface area contributed by atoms with Crippen LogP contribution in [0.2, 0.25) is 0 Å². The van der Waals surface area contributed by atoms with Crippen LogP contribution in [-0.2, 0) is 14.2 Å². The summed E-state index contributed by atoms with van der Waals surface area (Å²) in [5.74, 6) is -0.991. The van der Waals surface area contributed by atoms with Crippen LogP contribution < -0.4 is 0 Å². The van der Waals surface area contributed by atoms with Gasteiger partial charge >= 0.3 is 0 Å². The SMILES string of the molecule is CCC1=CC(OC)OC1(CO)OC. The molecule has 1 aliphatic rings. The summed E-state index contributed by atoms with van der Waals surface area (Å²) < 4.78 is 15.6. The number of hydrogen-bond donors (Lipinski definition) is 1. The van der Waals surface area contributed by atoms with Crippen molar-refractivity contribution < 1.29 is 19.3 Å². The van der Waals surface area contributed by atoms with E-state index in [-0.39, 0.29) is 6.61 Å². The standard InChI is InChI=1S/C9H16O4/c1-4-7-5-8(11-2)13-9(7,6-10)12-3/h5,8,10H,4,6H2,1-3H3. The third kappa shape index (κ3) is 1.76. The van der Waals surface area contributed by atoms with Crippen molar-refractivity contribution in [2.75, 3.05) is 20.8 Å². The van der Waals surface area contributed by atoms with Gasteiger partial charge in [-0.05, 0) is 18.1 Å². The summed E-state index contributed by atoms with van der Waals surface area (Å²) in [4.78, 5) is 0. The summed E-state index contributed by atoms with van der Waals surface area (Å²) in [6.45, 7) is 1.79. The monoisotopic (exact) mass is 188 g/mol. The minimum atomic E-state index is -0.991. The lowest BCUT2D eigenvalue weighted by Crippen LogP contribution is -2.39. The van der Waals surface area contributed by atoms with Crippen molar-refractivity contribution in [2.24, 2.45) is 0 Å². The van der Waals surface area contributed by atoms with Crippen molar-refractivity contribution in [3.63, 3.8) is 0 Å². The van der Waals surface area contributed by atoms with E-state index in [2.05, 4.69) is 0 Å². The van der Waals surface area contributed by atoms with E-state index in [0.717, 1.165) is 12.0 Å². The van der Waals surface area contributed by atoms with E-state index in [1.807, 2.05) is 13.0 Å². The Morgan fingerprint density at radius 1 is 1.62 bits per heavy atom. The van der Waals surface area contributed by atoms with Crippen LogP contribution >= 0.6 is 0 Å². The molecule has 2 atom stereocenters. The Balaban J connectivity index is 2.83. The Labute approximate surface area is 78.1 Å². The van der Waals surface area contributed by atoms with Crippen LogP contribution in [0.3, 0.4) is 0 Å². The van der Waals surface area contributed by atoms with Crippen LogP contribution in [-0.4, -0.2) is 38.0 Å². The normalized spacial score (nSPS) is 33.5. The van der Waals surface area contributed by atoms with Gasteiger partial charge in [-0.1, -0.05) is 6.92 Å². The maximum atomic E-state index is 9.18. The minimum Gasteiger partial charge on any atom is -0.390 e. The highest BCUT2D eigenvalue weighted by molar-refractivity contribution is 5.19. The number of aliphatic hydroxyl groups excluding tert-OH is 1. The largest absolute Gasteiger partial charge is 0.390 e. The average molecular weight is 188 g/mol. The van der Waals surface area contributed by atoms with E-state index in [0.29, 0.717) is 0 Å². The number of ether oxygens (including phenoxy) is 3. The molecular formula is C9H16O4. The lowest BCUT2D eigenvalue weighted by Gasteiger charge is -2.28. The lowest BCUT2D eigenvalue weighted by atomic mass is 10.1. The number of hydrogen-bond acceptors (Lipinski definition) is 4. The fourth-order valence-electron chi connectivity index (χ4n) is 1.47. The van der Waals surface area contributed by atoms with Crippen molar-refractivity contribution >= 4 is 0 Å². The van der Waals surface area contributed by atoms with Crippen LogP contribution in [0.5, 0.6) is 0 Å². The highest BCUT2D eigenvalue weighted by Crippen LogP contribution is 2.33. The molecule has 0 aromatic heterocycles. The predicted molar refractivity (Wildman–Crippen MR) is 47.1 cm³/mol. The summed E-state index contributed by atoms with van der Waals surface area (Å²) in [6, 6.07) is 0. The molecule has 13 heavy (non-hydrogen) atoms. The minimum absolute atomic E-state index is 0.191. The summed E-state index contributed by atoms with van der Waals surface area (Å²) in [5, 5.41) is 9.18. The lowest BCUT2D eigenvalue weighted by molar-refractivity contribution is -0.260. The quantitative estimate of drug-likeness (QED) is 0.658. The molecule has 0 bridgehead atoms. The predicted octanol–water partition coefficient (Wildman–Crippen LogP) is 0.661. The van der Waals surface area contributed by atoms with E-state index >= 15 is 0 Å². The van der Waals surface area contributed by atoms with Gasteiger partial charge in [0.2, 0.25) is 5.79 Å². The molecule has 0 fully saturated rings. The van der Waals surface area contributed by atoms with Crippen LogP contribution in [0.15, 0.2) is 11.6 Å². The molecule has 0 saturated carbocycles. The van der Waals surface area contributed by atoms with Crippen LogP contribution in [0, 0.1) is 0 Å². The second kappa shape index (κ2) is 4.19. The zero-order valence-corrected chi connectivity index (χ0v) is 8.24. The Bertz CT molecular complexity index is 196. The van der Waals surface area contributed by atoms with E-state index in [1.165, 1.54) is 7.11 Å². The van der Waals surface area contributed by atoms with Crippen molar-refractivity contribution in [1.82, 2.24) is 0 Å². The molecule has 0 amide bonds. The smallest absolute Gasteiger partial charge is 0.217 e. The van der Waals surface area contributed by atoms with E-state index in [4.69, 9.17) is 14.2 Å². The first-order valence-corrected chi connectivity index (χ1v) is 4.30. The number of aliphatic hydroxyl groups is 1. The second-order valence-corrected chi connectivity index (χ2v) is 2.88. The van der Waals surface area contributed by atoms with Crippen molar-refractivity contribution in [3.8, 4) is 0 Å². The first-order chi connectivity index (χ1) is 6.22. The van der Waals surface area contributed by atoms with Gasteiger partial charge in [-0.3, -0.25) is 0 Å². The maximum absolute atomic E-state index is 9.18. The molecule has 76 valence electrons. The fourth-order valence-corrected chi connectivity index (χ4v) is 1.47. The Morgan fingerprint density at radius 3 is 2.62 bits per heavy atom. The Kier molecular flexibility index (Phi) is 3.44. The molecule has 1 aliphatic heterocycles. The molecule has 4 heteroatoms. The molecule has 4 nitrogen and oxygen atoms in total. The van der Waals surface area contributed by atoms with Gasteiger partial charge in [0.15, 0.2) is 6.29 Å². The van der Waals surface area contributed by atoms with Gasteiger partial charge < -0.3 is 19.3 Å². The molecule has 0 aliphatic carbocycles. The molecule has 0 radical (unpaired) electrons. The van der Waals surface area contributed by atoms with Gasteiger partial charge in [-0.25, -0.2) is 0 Å². The van der Waals surface area contributed by atoms with Gasteiger partial charge in [0.05, 0.1) is 0 Å². The molecular weight excluding hydrogens is 172 g/mol. The molecule has 2 unspecified atom stereocenters.